The van der Waals surface area contributed by atoms with E-state index in [1.807, 2.05) is 0 Å². The normalized spacial score (nSPS) is 12.8. The van der Waals surface area contributed by atoms with Gasteiger partial charge in [-0.1, -0.05) is 12.1 Å². The zero-order valence-electron chi connectivity index (χ0n) is 11.5. The van der Waals surface area contributed by atoms with Crippen LogP contribution in [0, 0.1) is 13.8 Å². The van der Waals surface area contributed by atoms with E-state index in [2.05, 4.69) is 37.0 Å². The van der Waals surface area contributed by atoms with Gasteiger partial charge < -0.3 is 15.0 Å². The van der Waals surface area contributed by atoms with E-state index < -0.39 is 0 Å². The molecular formula is C13H19N3O2S. The standard InChI is InChI=1S/C13H19N3O2S/c1-4-5-17-7-10(14)12-15-13(18-16-12)11-6-8(2)9(3)19-11/h6,10H,4-5,7,14H2,1-3H3. The van der Waals surface area contributed by atoms with Crippen molar-refractivity contribution in [1.29, 1.82) is 0 Å². The van der Waals surface area contributed by atoms with E-state index in [-0.39, 0.29) is 6.04 Å². The van der Waals surface area contributed by atoms with Gasteiger partial charge in [-0.2, -0.15) is 4.98 Å². The molecule has 0 spiro atoms. The maximum Gasteiger partial charge on any atom is 0.268 e. The Balaban J connectivity index is 2.06. The lowest BCUT2D eigenvalue weighted by atomic mass is 10.3. The van der Waals surface area contributed by atoms with Gasteiger partial charge in [-0.25, -0.2) is 0 Å². The molecule has 0 radical (unpaired) electrons. The predicted octanol–water partition coefficient (Wildman–Crippen LogP) is 2.84. The lowest BCUT2D eigenvalue weighted by Gasteiger charge is -2.06. The molecule has 2 aromatic rings. The van der Waals surface area contributed by atoms with Crippen LogP contribution in [0.5, 0.6) is 0 Å². The Morgan fingerprint density at radius 3 is 2.89 bits per heavy atom. The summed E-state index contributed by atoms with van der Waals surface area (Å²) in [7, 11) is 0. The number of nitrogens with two attached hydrogens (primary N) is 1. The molecule has 5 nitrogen and oxygen atoms in total. The van der Waals surface area contributed by atoms with Gasteiger partial charge in [0, 0.05) is 11.5 Å². The smallest absolute Gasteiger partial charge is 0.268 e. The molecule has 0 fully saturated rings. The van der Waals surface area contributed by atoms with Gasteiger partial charge >= 0.3 is 0 Å². The van der Waals surface area contributed by atoms with Crippen molar-refractivity contribution in [1.82, 2.24) is 10.1 Å². The van der Waals surface area contributed by atoms with E-state index in [1.165, 1.54) is 10.4 Å². The van der Waals surface area contributed by atoms with Crippen molar-refractivity contribution in [3.63, 3.8) is 0 Å². The monoisotopic (exact) mass is 281 g/mol. The number of ether oxygens (including phenoxy) is 1. The number of hydrogen-bond acceptors (Lipinski definition) is 6. The Bertz CT molecular complexity index is 516. The van der Waals surface area contributed by atoms with Gasteiger partial charge in [0.05, 0.1) is 17.5 Å². The van der Waals surface area contributed by atoms with Crippen molar-refractivity contribution >= 4 is 11.3 Å². The third-order valence-electron chi connectivity index (χ3n) is 2.80. The highest BCUT2D eigenvalue weighted by Gasteiger charge is 2.17. The summed E-state index contributed by atoms with van der Waals surface area (Å²) in [6.07, 6.45) is 0.970. The van der Waals surface area contributed by atoms with Crippen LogP contribution < -0.4 is 5.73 Å². The van der Waals surface area contributed by atoms with Crippen LogP contribution >= 0.6 is 11.3 Å². The fourth-order valence-corrected chi connectivity index (χ4v) is 2.55. The summed E-state index contributed by atoms with van der Waals surface area (Å²) in [5.74, 6) is 1.02. The number of thiophene rings is 1. The minimum atomic E-state index is -0.341. The minimum Gasteiger partial charge on any atom is -0.379 e. The quantitative estimate of drug-likeness (QED) is 0.824. The van der Waals surface area contributed by atoms with Gasteiger partial charge in [0.2, 0.25) is 0 Å². The molecule has 0 aromatic carbocycles. The van der Waals surface area contributed by atoms with Gasteiger partial charge in [-0.05, 0) is 31.9 Å². The second-order valence-corrected chi connectivity index (χ2v) is 5.75. The minimum absolute atomic E-state index is 0.341. The summed E-state index contributed by atoms with van der Waals surface area (Å²) >= 11 is 1.65. The Kier molecular flexibility index (Phi) is 4.68. The molecule has 0 amide bonds. The second kappa shape index (κ2) is 6.27. The number of aromatic nitrogens is 2. The van der Waals surface area contributed by atoms with Gasteiger partial charge in [-0.15, -0.1) is 11.3 Å². The van der Waals surface area contributed by atoms with Crippen LogP contribution in [-0.4, -0.2) is 23.4 Å². The third kappa shape index (κ3) is 3.40. The van der Waals surface area contributed by atoms with Crippen LogP contribution in [0.15, 0.2) is 10.6 Å². The summed E-state index contributed by atoms with van der Waals surface area (Å²) in [4.78, 5) is 6.58. The van der Waals surface area contributed by atoms with E-state index in [9.17, 15) is 0 Å². The Morgan fingerprint density at radius 2 is 2.26 bits per heavy atom. The molecule has 2 aromatic heterocycles. The molecule has 0 saturated heterocycles. The van der Waals surface area contributed by atoms with E-state index >= 15 is 0 Å². The van der Waals surface area contributed by atoms with Crippen LogP contribution in [0.3, 0.4) is 0 Å². The van der Waals surface area contributed by atoms with Crippen molar-refractivity contribution in [2.75, 3.05) is 13.2 Å². The van der Waals surface area contributed by atoms with Crippen LogP contribution in [0.4, 0.5) is 0 Å². The second-order valence-electron chi connectivity index (χ2n) is 4.49. The van der Waals surface area contributed by atoms with Crippen molar-refractivity contribution in [3.8, 4) is 10.8 Å². The topological polar surface area (TPSA) is 74.2 Å². The van der Waals surface area contributed by atoms with Gasteiger partial charge in [-0.3, -0.25) is 0 Å². The summed E-state index contributed by atoms with van der Waals surface area (Å²) in [5, 5.41) is 3.93. The number of rotatable bonds is 6. The molecule has 104 valence electrons. The fraction of sp³-hybridized carbons (Fsp3) is 0.538. The molecule has 0 aliphatic carbocycles. The first-order valence-electron chi connectivity index (χ1n) is 6.36. The molecule has 19 heavy (non-hydrogen) atoms. The summed E-state index contributed by atoms with van der Waals surface area (Å²) < 4.78 is 10.7. The summed E-state index contributed by atoms with van der Waals surface area (Å²) in [5.41, 5.74) is 7.19. The fourth-order valence-electron chi connectivity index (χ4n) is 1.59. The molecule has 2 N–H and O–H groups in total. The van der Waals surface area contributed by atoms with Crippen molar-refractivity contribution in [3.05, 3.63) is 22.3 Å². The predicted molar refractivity (Wildman–Crippen MR) is 75.1 cm³/mol. The molecule has 0 saturated carbocycles. The van der Waals surface area contributed by atoms with Crippen LogP contribution in [0.1, 0.15) is 35.7 Å². The molecule has 1 atom stereocenters. The number of hydrogen-bond donors (Lipinski definition) is 1. The SMILES string of the molecule is CCCOCC(N)c1noc(-c2cc(C)c(C)s2)n1. The zero-order chi connectivity index (χ0) is 13.8. The van der Waals surface area contributed by atoms with Gasteiger partial charge in [0.25, 0.3) is 5.89 Å². The summed E-state index contributed by atoms with van der Waals surface area (Å²) in [6.45, 7) is 7.30. The third-order valence-corrected chi connectivity index (χ3v) is 3.94. The highest BCUT2D eigenvalue weighted by molar-refractivity contribution is 7.15. The molecule has 0 aliphatic rings. The first kappa shape index (κ1) is 14.2. The molecule has 2 heterocycles. The molecule has 0 bridgehead atoms. The van der Waals surface area contributed by atoms with Crippen molar-refractivity contribution in [2.24, 2.45) is 5.73 Å². The lowest BCUT2D eigenvalue weighted by Crippen LogP contribution is -2.18. The molecule has 0 aliphatic heterocycles. The van der Waals surface area contributed by atoms with E-state index in [0.29, 0.717) is 24.9 Å². The number of nitrogens with zero attached hydrogens (tertiary/aromatic N) is 2. The maximum absolute atomic E-state index is 5.96. The first-order chi connectivity index (χ1) is 9.11. The lowest BCUT2D eigenvalue weighted by molar-refractivity contribution is 0.119. The van der Waals surface area contributed by atoms with Crippen LogP contribution in [0.2, 0.25) is 0 Å². The maximum atomic E-state index is 5.96. The Labute approximate surface area is 116 Å². The number of aryl methyl sites for hydroxylation is 2. The average Bonchev–Trinajstić information content (AvgIpc) is 2.98. The highest BCUT2D eigenvalue weighted by Crippen LogP contribution is 2.29. The Morgan fingerprint density at radius 1 is 1.47 bits per heavy atom. The Hall–Kier alpha value is -1.24. The van der Waals surface area contributed by atoms with E-state index in [1.54, 1.807) is 11.3 Å². The van der Waals surface area contributed by atoms with E-state index in [0.717, 1.165) is 11.3 Å². The molecular weight excluding hydrogens is 262 g/mol. The van der Waals surface area contributed by atoms with Crippen molar-refractivity contribution < 1.29 is 9.26 Å². The van der Waals surface area contributed by atoms with Crippen molar-refractivity contribution in [2.45, 2.75) is 33.2 Å². The zero-order valence-corrected chi connectivity index (χ0v) is 12.3. The molecule has 2 rings (SSSR count). The summed E-state index contributed by atoms with van der Waals surface area (Å²) in [6, 6.07) is 1.71. The van der Waals surface area contributed by atoms with Crippen LogP contribution in [-0.2, 0) is 4.74 Å². The van der Waals surface area contributed by atoms with Crippen LogP contribution in [0.25, 0.3) is 10.8 Å². The highest BCUT2D eigenvalue weighted by atomic mass is 32.1. The average molecular weight is 281 g/mol. The van der Waals surface area contributed by atoms with Gasteiger partial charge in [0.1, 0.15) is 0 Å². The molecule has 6 heteroatoms. The first-order valence-corrected chi connectivity index (χ1v) is 7.17. The van der Waals surface area contributed by atoms with Gasteiger partial charge in [0.15, 0.2) is 5.82 Å². The molecule has 1 unspecified atom stereocenters. The van der Waals surface area contributed by atoms with E-state index in [4.69, 9.17) is 15.0 Å². The largest absolute Gasteiger partial charge is 0.379 e.